The van der Waals surface area contributed by atoms with Crippen LogP contribution >= 0.6 is 0 Å². The molecule has 3 aromatic carbocycles. The smallest absolute Gasteiger partial charge is 0.251 e. The molecule has 3 aromatic rings. The summed E-state index contributed by atoms with van der Waals surface area (Å²) in [6, 6.07) is 17.9. The highest BCUT2D eigenvalue weighted by Gasteiger charge is 2.21. The van der Waals surface area contributed by atoms with E-state index in [-0.39, 0.29) is 18.0 Å². The van der Waals surface area contributed by atoms with Crippen LogP contribution in [0.3, 0.4) is 0 Å². The van der Waals surface area contributed by atoms with Crippen molar-refractivity contribution in [3.8, 4) is 0 Å². The van der Waals surface area contributed by atoms with Gasteiger partial charge in [-0.15, -0.1) is 0 Å². The average molecular weight is 423 g/mol. The van der Waals surface area contributed by atoms with Gasteiger partial charge in [-0.05, 0) is 23.8 Å². The first-order valence-corrected chi connectivity index (χ1v) is 9.34. The fourth-order valence-corrected chi connectivity index (χ4v) is 2.99. The largest absolute Gasteiger partial charge is 0.366 e. The molecule has 6 nitrogen and oxygen atoms in total. The van der Waals surface area contributed by atoms with Gasteiger partial charge in [-0.2, -0.15) is 0 Å². The minimum absolute atomic E-state index is 0.231. The lowest BCUT2D eigenvalue weighted by Gasteiger charge is -2.19. The topological polar surface area (TPSA) is 101 Å². The molecule has 1 atom stereocenters. The Labute approximate surface area is 177 Å². The number of anilines is 1. The monoisotopic (exact) mass is 423 g/mol. The van der Waals surface area contributed by atoms with Gasteiger partial charge >= 0.3 is 0 Å². The number of nitrogens with one attached hydrogen (secondary N) is 2. The molecule has 0 fully saturated rings. The van der Waals surface area contributed by atoms with E-state index in [0.717, 1.165) is 6.07 Å². The summed E-state index contributed by atoms with van der Waals surface area (Å²) in [4.78, 5) is 36.5. The molecule has 0 bridgehead atoms. The van der Waals surface area contributed by atoms with Crippen molar-refractivity contribution in [2.24, 2.45) is 5.73 Å². The summed E-state index contributed by atoms with van der Waals surface area (Å²) in [5.74, 6) is -4.31. The Morgan fingerprint density at radius 2 is 1.48 bits per heavy atom. The fourth-order valence-electron chi connectivity index (χ4n) is 2.99. The van der Waals surface area contributed by atoms with Crippen molar-refractivity contribution in [1.82, 2.24) is 5.32 Å². The molecule has 8 heteroatoms. The van der Waals surface area contributed by atoms with Crippen LogP contribution in [0.4, 0.5) is 14.5 Å². The van der Waals surface area contributed by atoms with Crippen molar-refractivity contribution in [2.75, 3.05) is 5.32 Å². The number of amides is 3. The SMILES string of the molecule is NC(=O)c1cc(NC(=O)CC(NC(=O)c2ccccc2)c2ccccc2)c(F)cc1F. The quantitative estimate of drug-likeness (QED) is 0.542. The van der Waals surface area contributed by atoms with Crippen LogP contribution in [0.25, 0.3) is 0 Å². The maximum atomic E-state index is 14.1. The van der Waals surface area contributed by atoms with Crippen LogP contribution in [0, 0.1) is 11.6 Å². The van der Waals surface area contributed by atoms with Crippen molar-refractivity contribution in [1.29, 1.82) is 0 Å². The Bertz CT molecular complexity index is 1110. The van der Waals surface area contributed by atoms with Gasteiger partial charge in [0.15, 0.2) is 0 Å². The first-order chi connectivity index (χ1) is 14.8. The molecule has 0 saturated carbocycles. The minimum Gasteiger partial charge on any atom is -0.366 e. The molecule has 0 aliphatic rings. The molecule has 158 valence electrons. The predicted octanol–water partition coefficient (Wildman–Crippen LogP) is 3.56. The summed E-state index contributed by atoms with van der Waals surface area (Å²) in [5, 5.41) is 5.10. The number of rotatable bonds is 7. The zero-order valence-electron chi connectivity index (χ0n) is 16.3. The molecular formula is C23H19F2N3O3. The van der Waals surface area contributed by atoms with E-state index < -0.39 is 35.1 Å². The van der Waals surface area contributed by atoms with Crippen LogP contribution < -0.4 is 16.4 Å². The van der Waals surface area contributed by atoms with Gasteiger partial charge in [0.1, 0.15) is 11.6 Å². The summed E-state index contributed by atoms with van der Waals surface area (Å²) in [5.41, 5.74) is 5.22. The van der Waals surface area contributed by atoms with Crippen LogP contribution in [-0.4, -0.2) is 17.7 Å². The molecule has 0 saturated heterocycles. The van der Waals surface area contributed by atoms with Crippen molar-refractivity contribution in [2.45, 2.75) is 12.5 Å². The number of hydrogen-bond acceptors (Lipinski definition) is 3. The van der Waals surface area contributed by atoms with Gasteiger partial charge in [0.2, 0.25) is 5.91 Å². The Hall–Kier alpha value is -4.07. The van der Waals surface area contributed by atoms with Crippen molar-refractivity contribution in [3.05, 3.63) is 101 Å². The molecule has 3 amide bonds. The summed E-state index contributed by atoms with van der Waals surface area (Å²) in [6.45, 7) is 0. The van der Waals surface area contributed by atoms with Gasteiger partial charge < -0.3 is 16.4 Å². The highest BCUT2D eigenvalue weighted by atomic mass is 19.1. The number of benzene rings is 3. The van der Waals surface area contributed by atoms with Crippen LogP contribution in [-0.2, 0) is 4.79 Å². The third-order valence-electron chi connectivity index (χ3n) is 4.53. The molecule has 31 heavy (non-hydrogen) atoms. The first-order valence-electron chi connectivity index (χ1n) is 9.34. The molecule has 0 aromatic heterocycles. The van der Waals surface area contributed by atoms with E-state index in [9.17, 15) is 23.2 Å². The van der Waals surface area contributed by atoms with Crippen LogP contribution in [0.15, 0.2) is 72.8 Å². The van der Waals surface area contributed by atoms with Crippen LogP contribution in [0.2, 0.25) is 0 Å². The molecular weight excluding hydrogens is 404 g/mol. The Morgan fingerprint density at radius 3 is 2.10 bits per heavy atom. The number of carbonyl (C=O) groups is 3. The minimum atomic E-state index is -1.12. The van der Waals surface area contributed by atoms with E-state index in [2.05, 4.69) is 10.6 Å². The third kappa shape index (κ3) is 5.51. The van der Waals surface area contributed by atoms with Crippen molar-refractivity contribution < 1.29 is 23.2 Å². The van der Waals surface area contributed by atoms with E-state index in [1.807, 2.05) is 0 Å². The third-order valence-corrected chi connectivity index (χ3v) is 4.53. The normalized spacial score (nSPS) is 11.4. The summed E-state index contributed by atoms with van der Waals surface area (Å²) >= 11 is 0. The van der Waals surface area contributed by atoms with Gasteiger partial charge in [-0.1, -0.05) is 48.5 Å². The second-order valence-electron chi connectivity index (χ2n) is 6.73. The number of primary amides is 1. The maximum Gasteiger partial charge on any atom is 0.251 e. The second-order valence-corrected chi connectivity index (χ2v) is 6.73. The zero-order valence-corrected chi connectivity index (χ0v) is 16.3. The van der Waals surface area contributed by atoms with E-state index in [1.54, 1.807) is 60.7 Å². The second kappa shape index (κ2) is 9.62. The Morgan fingerprint density at radius 1 is 0.871 bits per heavy atom. The highest BCUT2D eigenvalue weighted by Crippen LogP contribution is 2.22. The standard InChI is InChI=1S/C23H19F2N3O3/c24-17-12-18(25)20(11-16(17)22(26)30)27-21(29)13-19(14-7-3-1-4-8-14)28-23(31)15-9-5-2-6-10-15/h1-12,19H,13H2,(H2,26,30)(H,27,29)(H,28,31). The summed E-state index contributed by atoms with van der Waals surface area (Å²) in [6.07, 6.45) is -0.231. The van der Waals surface area contributed by atoms with E-state index in [1.165, 1.54) is 0 Å². The van der Waals surface area contributed by atoms with Gasteiger partial charge in [0, 0.05) is 11.6 Å². The number of carbonyl (C=O) groups excluding carboxylic acids is 3. The van der Waals surface area contributed by atoms with Crippen LogP contribution in [0.5, 0.6) is 0 Å². The lowest BCUT2D eigenvalue weighted by atomic mass is 10.0. The first kappa shape index (κ1) is 21.6. The highest BCUT2D eigenvalue weighted by molar-refractivity contribution is 5.97. The lowest BCUT2D eigenvalue weighted by Crippen LogP contribution is -2.31. The van der Waals surface area contributed by atoms with Gasteiger partial charge in [-0.3, -0.25) is 14.4 Å². The Balaban J connectivity index is 1.80. The zero-order chi connectivity index (χ0) is 22.4. The summed E-state index contributed by atoms with van der Waals surface area (Å²) < 4.78 is 27.7. The van der Waals surface area contributed by atoms with E-state index in [4.69, 9.17) is 5.73 Å². The molecule has 0 aliphatic heterocycles. The van der Waals surface area contributed by atoms with Crippen molar-refractivity contribution >= 4 is 23.4 Å². The predicted molar refractivity (Wildman–Crippen MR) is 111 cm³/mol. The molecule has 0 heterocycles. The van der Waals surface area contributed by atoms with Gasteiger partial charge in [0.05, 0.1) is 23.7 Å². The van der Waals surface area contributed by atoms with Crippen LogP contribution in [0.1, 0.15) is 38.7 Å². The van der Waals surface area contributed by atoms with Crippen molar-refractivity contribution in [3.63, 3.8) is 0 Å². The van der Waals surface area contributed by atoms with Gasteiger partial charge in [0.25, 0.3) is 11.8 Å². The molecule has 0 spiro atoms. The lowest BCUT2D eigenvalue weighted by molar-refractivity contribution is -0.116. The number of nitrogens with two attached hydrogens (primary N) is 1. The molecule has 0 radical (unpaired) electrons. The van der Waals surface area contributed by atoms with E-state index in [0.29, 0.717) is 17.2 Å². The molecule has 4 N–H and O–H groups in total. The molecule has 0 aliphatic carbocycles. The molecule has 1 unspecified atom stereocenters. The fraction of sp³-hybridized carbons (Fsp3) is 0.0870. The average Bonchev–Trinajstić information content (AvgIpc) is 2.76. The van der Waals surface area contributed by atoms with Gasteiger partial charge in [-0.25, -0.2) is 8.78 Å². The van der Waals surface area contributed by atoms with E-state index >= 15 is 0 Å². The molecule has 3 rings (SSSR count). The maximum absolute atomic E-state index is 14.1. The summed E-state index contributed by atoms with van der Waals surface area (Å²) in [7, 11) is 0. The Kier molecular flexibility index (Phi) is 6.71. The number of halogens is 2. The number of hydrogen-bond donors (Lipinski definition) is 3.